The Morgan fingerprint density at radius 3 is 2.87 bits per heavy atom. The zero-order valence-electron chi connectivity index (χ0n) is 14.0. The van der Waals surface area contributed by atoms with Gasteiger partial charge in [0.15, 0.2) is 0 Å². The minimum absolute atomic E-state index is 0.184. The molecule has 23 heavy (non-hydrogen) atoms. The second-order valence-electron chi connectivity index (χ2n) is 6.11. The average Bonchev–Trinajstić information content (AvgIpc) is 2.60. The van der Waals surface area contributed by atoms with E-state index < -0.39 is 0 Å². The Morgan fingerprint density at radius 1 is 1.39 bits per heavy atom. The Kier molecular flexibility index (Phi) is 7.36. The molecule has 1 fully saturated rings. The molecule has 0 bridgehead atoms. The summed E-state index contributed by atoms with van der Waals surface area (Å²) in [5, 5.41) is 9.09. The standard InChI is InChI=1S/C18H28N2O3/c1-2-19(11-12-21)13-17-9-6-10-20(14-17)18(22)23-15-16-7-4-3-5-8-16/h3-5,7-8,17,21H,2,6,9-15H2,1H3/t17-/m0/s1. The number of carbonyl (C=O) groups excluding carboxylic acids is 1. The van der Waals surface area contributed by atoms with Crippen LogP contribution in [-0.2, 0) is 11.3 Å². The van der Waals surface area contributed by atoms with Crippen molar-refractivity contribution in [1.82, 2.24) is 9.80 Å². The number of likely N-dealkylation sites (tertiary alicyclic amines) is 1. The molecule has 0 aliphatic carbocycles. The molecule has 0 saturated carbocycles. The minimum atomic E-state index is -0.219. The Balaban J connectivity index is 1.79. The minimum Gasteiger partial charge on any atom is -0.445 e. The van der Waals surface area contributed by atoms with Crippen LogP contribution in [0.2, 0.25) is 0 Å². The maximum absolute atomic E-state index is 12.2. The first-order valence-corrected chi connectivity index (χ1v) is 8.51. The van der Waals surface area contributed by atoms with E-state index in [0.717, 1.165) is 44.6 Å². The van der Waals surface area contributed by atoms with Crippen LogP contribution in [0.25, 0.3) is 0 Å². The highest BCUT2D eigenvalue weighted by Gasteiger charge is 2.25. The van der Waals surface area contributed by atoms with Crippen LogP contribution < -0.4 is 0 Å². The summed E-state index contributed by atoms with van der Waals surface area (Å²) >= 11 is 0. The Morgan fingerprint density at radius 2 is 2.17 bits per heavy atom. The monoisotopic (exact) mass is 320 g/mol. The number of benzene rings is 1. The number of nitrogens with zero attached hydrogens (tertiary/aromatic N) is 2. The van der Waals surface area contributed by atoms with Gasteiger partial charge >= 0.3 is 6.09 Å². The highest BCUT2D eigenvalue weighted by Crippen LogP contribution is 2.18. The molecule has 1 aromatic rings. The Labute approximate surface area is 138 Å². The van der Waals surface area contributed by atoms with Gasteiger partial charge in [-0.3, -0.25) is 0 Å². The summed E-state index contributed by atoms with van der Waals surface area (Å²) in [5.41, 5.74) is 1.01. The number of carbonyl (C=O) groups is 1. The van der Waals surface area contributed by atoms with E-state index in [9.17, 15) is 4.79 Å². The van der Waals surface area contributed by atoms with E-state index in [1.54, 1.807) is 0 Å². The van der Waals surface area contributed by atoms with Crippen molar-refractivity contribution >= 4 is 6.09 Å². The van der Waals surface area contributed by atoms with Crippen LogP contribution in [0.4, 0.5) is 4.79 Å². The molecule has 1 N–H and O–H groups in total. The predicted octanol–water partition coefficient (Wildman–Crippen LogP) is 2.35. The summed E-state index contributed by atoms with van der Waals surface area (Å²) in [5.74, 6) is 0.458. The summed E-state index contributed by atoms with van der Waals surface area (Å²) in [6, 6.07) is 9.76. The molecule has 1 aromatic carbocycles. The summed E-state index contributed by atoms with van der Waals surface area (Å²) in [6.07, 6.45) is 1.93. The third-order valence-corrected chi connectivity index (χ3v) is 4.36. The van der Waals surface area contributed by atoms with Crippen molar-refractivity contribution in [3.05, 3.63) is 35.9 Å². The number of hydrogen-bond donors (Lipinski definition) is 1. The molecular formula is C18H28N2O3. The number of hydrogen-bond acceptors (Lipinski definition) is 4. The number of amides is 1. The van der Waals surface area contributed by atoms with E-state index in [-0.39, 0.29) is 12.7 Å². The maximum atomic E-state index is 12.2. The Bertz CT molecular complexity index is 467. The van der Waals surface area contributed by atoms with Crippen molar-refractivity contribution < 1.29 is 14.6 Å². The molecule has 5 heteroatoms. The fraction of sp³-hybridized carbons (Fsp3) is 0.611. The lowest BCUT2D eigenvalue weighted by atomic mass is 9.97. The number of rotatable bonds is 7. The lowest BCUT2D eigenvalue weighted by Gasteiger charge is -2.34. The first kappa shape index (κ1) is 17.8. The van der Waals surface area contributed by atoms with Crippen LogP contribution in [0.1, 0.15) is 25.3 Å². The molecule has 1 aliphatic rings. The number of aliphatic hydroxyl groups is 1. The summed E-state index contributed by atoms with van der Waals surface area (Å²) in [6.45, 7) is 6.69. The van der Waals surface area contributed by atoms with Gasteiger partial charge in [0, 0.05) is 26.2 Å². The van der Waals surface area contributed by atoms with Crippen LogP contribution in [0, 0.1) is 5.92 Å². The quantitative estimate of drug-likeness (QED) is 0.838. The first-order chi connectivity index (χ1) is 11.2. The largest absolute Gasteiger partial charge is 0.445 e. The molecule has 0 unspecified atom stereocenters. The second kappa shape index (κ2) is 9.53. The zero-order valence-corrected chi connectivity index (χ0v) is 14.0. The van der Waals surface area contributed by atoms with Crippen LogP contribution in [-0.4, -0.2) is 60.3 Å². The smallest absolute Gasteiger partial charge is 0.410 e. The van der Waals surface area contributed by atoms with E-state index in [1.165, 1.54) is 0 Å². The van der Waals surface area contributed by atoms with E-state index >= 15 is 0 Å². The molecule has 1 heterocycles. The highest BCUT2D eigenvalue weighted by molar-refractivity contribution is 5.67. The van der Waals surface area contributed by atoms with Gasteiger partial charge in [0.2, 0.25) is 0 Å². The van der Waals surface area contributed by atoms with Crippen molar-refractivity contribution in [2.45, 2.75) is 26.4 Å². The maximum Gasteiger partial charge on any atom is 0.410 e. The zero-order chi connectivity index (χ0) is 16.5. The van der Waals surface area contributed by atoms with Crippen LogP contribution in [0.15, 0.2) is 30.3 Å². The molecule has 1 saturated heterocycles. The van der Waals surface area contributed by atoms with Gasteiger partial charge in [-0.25, -0.2) is 4.79 Å². The van der Waals surface area contributed by atoms with Gasteiger partial charge in [-0.05, 0) is 30.9 Å². The van der Waals surface area contributed by atoms with E-state index in [0.29, 0.717) is 19.1 Å². The predicted molar refractivity (Wildman–Crippen MR) is 90.1 cm³/mol. The summed E-state index contributed by atoms with van der Waals surface area (Å²) in [4.78, 5) is 16.3. The molecular weight excluding hydrogens is 292 g/mol. The van der Waals surface area contributed by atoms with E-state index in [1.807, 2.05) is 35.2 Å². The van der Waals surface area contributed by atoms with Crippen molar-refractivity contribution in [1.29, 1.82) is 0 Å². The van der Waals surface area contributed by atoms with Gasteiger partial charge in [0.05, 0.1) is 6.61 Å². The summed E-state index contributed by atoms with van der Waals surface area (Å²) in [7, 11) is 0. The number of aliphatic hydroxyl groups excluding tert-OH is 1. The second-order valence-corrected chi connectivity index (χ2v) is 6.11. The highest BCUT2D eigenvalue weighted by atomic mass is 16.6. The first-order valence-electron chi connectivity index (χ1n) is 8.51. The van der Waals surface area contributed by atoms with Crippen molar-refractivity contribution in [2.24, 2.45) is 5.92 Å². The van der Waals surface area contributed by atoms with Crippen molar-refractivity contribution in [3.63, 3.8) is 0 Å². The third kappa shape index (κ3) is 5.84. The van der Waals surface area contributed by atoms with Crippen LogP contribution >= 0.6 is 0 Å². The molecule has 2 rings (SSSR count). The summed E-state index contributed by atoms with van der Waals surface area (Å²) < 4.78 is 5.43. The number of ether oxygens (including phenoxy) is 1. The van der Waals surface area contributed by atoms with Crippen LogP contribution in [0.3, 0.4) is 0 Å². The lowest BCUT2D eigenvalue weighted by molar-refractivity contribution is 0.0709. The van der Waals surface area contributed by atoms with Gasteiger partial charge in [0.1, 0.15) is 6.61 Å². The van der Waals surface area contributed by atoms with E-state index in [4.69, 9.17) is 9.84 Å². The van der Waals surface area contributed by atoms with Crippen molar-refractivity contribution in [3.8, 4) is 0 Å². The third-order valence-electron chi connectivity index (χ3n) is 4.36. The van der Waals surface area contributed by atoms with Gasteiger partial charge in [-0.1, -0.05) is 37.3 Å². The van der Waals surface area contributed by atoms with Gasteiger partial charge in [0.25, 0.3) is 0 Å². The lowest BCUT2D eigenvalue weighted by Crippen LogP contribution is -2.44. The van der Waals surface area contributed by atoms with Gasteiger partial charge < -0.3 is 19.6 Å². The van der Waals surface area contributed by atoms with Gasteiger partial charge in [-0.15, -0.1) is 0 Å². The molecule has 5 nitrogen and oxygen atoms in total. The average molecular weight is 320 g/mol. The van der Waals surface area contributed by atoms with Gasteiger partial charge in [-0.2, -0.15) is 0 Å². The van der Waals surface area contributed by atoms with Crippen LogP contribution in [0.5, 0.6) is 0 Å². The normalized spacial score (nSPS) is 18.2. The molecule has 0 radical (unpaired) electrons. The number of likely N-dealkylation sites (N-methyl/N-ethyl adjacent to an activating group) is 1. The molecule has 128 valence electrons. The fourth-order valence-electron chi connectivity index (χ4n) is 3.08. The SMILES string of the molecule is CCN(CCO)C[C@@H]1CCCN(C(=O)OCc2ccccc2)C1. The Hall–Kier alpha value is -1.59. The fourth-order valence-corrected chi connectivity index (χ4v) is 3.08. The number of piperidine rings is 1. The molecule has 1 amide bonds. The van der Waals surface area contributed by atoms with Crippen molar-refractivity contribution in [2.75, 3.05) is 39.3 Å². The molecule has 1 aliphatic heterocycles. The topological polar surface area (TPSA) is 53.0 Å². The molecule has 0 aromatic heterocycles. The molecule has 0 spiro atoms. The molecule has 1 atom stereocenters. The van der Waals surface area contributed by atoms with E-state index in [2.05, 4.69) is 11.8 Å².